The third-order valence-electron chi connectivity index (χ3n) is 9.43. The average Bonchev–Trinajstić information content (AvgIpc) is 3.64. The zero-order valence-corrected chi connectivity index (χ0v) is 27.3. The average molecular weight is 677 g/mol. The lowest BCUT2D eigenvalue weighted by Gasteiger charge is -2.31. The zero-order valence-electron chi connectivity index (χ0n) is 27.3. The molecule has 2 aromatic carbocycles. The van der Waals surface area contributed by atoms with Gasteiger partial charge in [-0.05, 0) is 73.4 Å². The number of ether oxygens (including phenoxy) is 2. The molecule has 13 nitrogen and oxygen atoms in total. The van der Waals surface area contributed by atoms with Gasteiger partial charge in [0.05, 0.1) is 34.6 Å². The fraction of sp³-hybridized carbons (Fsp3) is 0.270. The van der Waals surface area contributed by atoms with Crippen LogP contribution >= 0.6 is 0 Å². The van der Waals surface area contributed by atoms with Crippen LogP contribution in [0.4, 0.5) is 5.69 Å². The molecule has 1 unspecified atom stereocenters. The second-order valence-corrected chi connectivity index (χ2v) is 12.3. The maximum Gasteiger partial charge on any atom is 0.343 e. The Bertz CT molecular complexity index is 2220. The number of benzene rings is 2. The van der Waals surface area contributed by atoms with Crippen LogP contribution in [-0.2, 0) is 49.1 Å². The van der Waals surface area contributed by atoms with E-state index in [9.17, 15) is 33.9 Å². The number of anilines is 1. The minimum atomic E-state index is -1.92. The number of rotatable bonds is 9. The van der Waals surface area contributed by atoms with Gasteiger partial charge >= 0.3 is 11.9 Å². The van der Waals surface area contributed by atoms with Gasteiger partial charge in [0, 0.05) is 47.3 Å². The summed E-state index contributed by atoms with van der Waals surface area (Å²) in [5.41, 5.74) is 2.48. The topological polar surface area (TPSA) is 174 Å². The maximum absolute atomic E-state index is 13.6. The van der Waals surface area contributed by atoms with Crippen LogP contribution in [0, 0.1) is 0 Å². The number of imide groups is 1. The third kappa shape index (κ3) is 5.45. The number of pyridine rings is 2. The van der Waals surface area contributed by atoms with Gasteiger partial charge < -0.3 is 24.5 Å². The van der Waals surface area contributed by atoms with Crippen LogP contribution in [0.2, 0.25) is 0 Å². The summed E-state index contributed by atoms with van der Waals surface area (Å²) in [6.45, 7) is 3.84. The first-order valence-electron chi connectivity index (χ1n) is 16.3. The molecule has 3 aliphatic rings. The smallest absolute Gasteiger partial charge is 0.343 e. The Morgan fingerprint density at radius 1 is 1.00 bits per heavy atom. The standard InChI is InChI=1S/C37H32N4O9/c1-3-23-24-16-22(50-35(46)20-7-9-21(10-8-20)38-30(42)6-5-15-40-31(43)13-14-32(40)44)11-12-28(24)39-33-25(23)18-41-29(33)17-27-26(34(41)45)19-49-36(47)37(27,48)4-2/h7-14,16-17,48H,3-6,15,18-19H2,1-2H3,(H,38,42). The van der Waals surface area contributed by atoms with Gasteiger partial charge in [-0.25, -0.2) is 14.6 Å². The van der Waals surface area contributed by atoms with Crippen LogP contribution in [0.5, 0.6) is 5.75 Å². The molecular formula is C37H32N4O9. The fourth-order valence-corrected chi connectivity index (χ4v) is 6.74. The van der Waals surface area contributed by atoms with E-state index in [0.717, 1.165) is 21.4 Å². The quantitative estimate of drug-likeness (QED) is 0.134. The molecule has 0 fully saturated rings. The molecule has 13 heteroatoms. The van der Waals surface area contributed by atoms with Gasteiger partial charge in [-0.2, -0.15) is 0 Å². The van der Waals surface area contributed by atoms with Crippen molar-refractivity contribution in [3.05, 3.63) is 98.9 Å². The number of cyclic esters (lactones) is 1. The first kappa shape index (κ1) is 32.6. The number of aromatic nitrogens is 2. The SMILES string of the molecule is CCc1c2c(nc3ccc(OC(=O)c4ccc(NC(=O)CCCN5C(=O)C=CC5=O)cc4)cc13)-c1cc3c(c(=O)n1C2)COC(=O)C3(O)CC. The second kappa shape index (κ2) is 12.5. The largest absolute Gasteiger partial charge is 0.458 e. The lowest BCUT2D eigenvalue weighted by Crippen LogP contribution is -2.44. The van der Waals surface area contributed by atoms with E-state index >= 15 is 0 Å². The fourth-order valence-electron chi connectivity index (χ4n) is 6.74. The molecule has 0 saturated carbocycles. The summed E-state index contributed by atoms with van der Waals surface area (Å²) >= 11 is 0. The van der Waals surface area contributed by atoms with Crippen LogP contribution in [0.15, 0.2) is 65.5 Å². The highest BCUT2D eigenvalue weighted by atomic mass is 16.6. The number of carbonyl (C=O) groups is 5. The normalized spacial score (nSPS) is 17.4. The molecule has 2 N–H and O–H groups in total. The van der Waals surface area contributed by atoms with Gasteiger partial charge in [0.25, 0.3) is 17.4 Å². The van der Waals surface area contributed by atoms with E-state index in [-0.39, 0.29) is 60.7 Å². The first-order valence-corrected chi connectivity index (χ1v) is 16.3. The van der Waals surface area contributed by atoms with Gasteiger partial charge in [0.2, 0.25) is 5.91 Å². The van der Waals surface area contributed by atoms with Crippen LogP contribution < -0.4 is 15.6 Å². The number of fused-ring (bicyclic) bond motifs is 5. The highest BCUT2D eigenvalue weighted by molar-refractivity contribution is 6.12. The van der Waals surface area contributed by atoms with Crippen molar-refractivity contribution >= 4 is 46.3 Å². The predicted molar refractivity (Wildman–Crippen MR) is 179 cm³/mol. The summed E-state index contributed by atoms with van der Waals surface area (Å²) in [6.07, 6.45) is 3.46. The summed E-state index contributed by atoms with van der Waals surface area (Å²) in [7, 11) is 0. The Labute approximate surface area is 285 Å². The Kier molecular flexibility index (Phi) is 8.14. The molecule has 0 bridgehead atoms. The number of hydrogen-bond acceptors (Lipinski definition) is 10. The van der Waals surface area contributed by atoms with Crippen molar-refractivity contribution in [1.29, 1.82) is 0 Å². The van der Waals surface area contributed by atoms with E-state index in [4.69, 9.17) is 14.5 Å². The summed E-state index contributed by atoms with van der Waals surface area (Å²) < 4.78 is 12.5. The minimum absolute atomic E-state index is 0.0509. The van der Waals surface area contributed by atoms with Crippen LogP contribution in [0.25, 0.3) is 22.3 Å². The Hall–Kier alpha value is -5.95. The highest BCUT2D eigenvalue weighted by Gasteiger charge is 2.45. The number of nitrogens with one attached hydrogen (secondary N) is 1. The molecule has 0 saturated heterocycles. The van der Waals surface area contributed by atoms with Crippen molar-refractivity contribution in [2.75, 3.05) is 11.9 Å². The zero-order chi connectivity index (χ0) is 35.3. The number of esters is 2. The van der Waals surface area contributed by atoms with E-state index in [1.165, 1.54) is 24.3 Å². The number of amides is 3. The molecule has 0 radical (unpaired) electrons. The molecule has 3 amide bonds. The molecule has 4 aromatic rings. The lowest BCUT2D eigenvalue weighted by atomic mass is 9.86. The van der Waals surface area contributed by atoms with E-state index in [1.807, 2.05) is 6.92 Å². The molecule has 5 heterocycles. The third-order valence-corrected chi connectivity index (χ3v) is 9.43. The van der Waals surface area contributed by atoms with Gasteiger partial charge in [-0.15, -0.1) is 0 Å². The molecule has 2 aromatic heterocycles. The molecule has 1 atom stereocenters. The Morgan fingerprint density at radius 3 is 2.44 bits per heavy atom. The van der Waals surface area contributed by atoms with Crippen LogP contribution in [0.3, 0.4) is 0 Å². The van der Waals surface area contributed by atoms with Crippen LogP contribution in [0.1, 0.15) is 65.7 Å². The van der Waals surface area contributed by atoms with Gasteiger partial charge in [-0.3, -0.25) is 24.1 Å². The van der Waals surface area contributed by atoms with Crippen molar-refractivity contribution < 1.29 is 38.6 Å². The lowest BCUT2D eigenvalue weighted by molar-refractivity contribution is -0.172. The van der Waals surface area contributed by atoms with E-state index in [2.05, 4.69) is 5.32 Å². The molecule has 0 spiro atoms. The minimum Gasteiger partial charge on any atom is -0.458 e. The number of aryl methyl sites for hydroxylation is 1. The highest BCUT2D eigenvalue weighted by Crippen LogP contribution is 2.40. The van der Waals surface area contributed by atoms with E-state index in [0.29, 0.717) is 41.2 Å². The maximum atomic E-state index is 13.6. The van der Waals surface area contributed by atoms with E-state index < -0.39 is 29.4 Å². The van der Waals surface area contributed by atoms with Gasteiger partial charge in [0.15, 0.2) is 5.60 Å². The Balaban J connectivity index is 1.07. The monoisotopic (exact) mass is 676 g/mol. The number of carbonyl (C=O) groups excluding carboxylic acids is 5. The van der Waals surface area contributed by atoms with Crippen molar-refractivity contribution in [1.82, 2.24) is 14.5 Å². The summed E-state index contributed by atoms with van der Waals surface area (Å²) in [4.78, 5) is 80.8. The molecule has 7 rings (SSSR count). The molecule has 254 valence electrons. The molecule has 0 aliphatic carbocycles. The molecular weight excluding hydrogens is 644 g/mol. The summed E-state index contributed by atoms with van der Waals surface area (Å²) in [6, 6.07) is 13.0. The summed E-state index contributed by atoms with van der Waals surface area (Å²) in [5.74, 6) is -2.16. The Morgan fingerprint density at radius 2 is 1.74 bits per heavy atom. The predicted octanol–water partition coefficient (Wildman–Crippen LogP) is 3.50. The molecule has 50 heavy (non-hydrogen) atoms. The van der Waals surface area contributed by atoms with Crippen molar-refractivity contribution in [2.45, 2.75) is 58.3 Å². The van der Waals surface area contributed by atoms with Gasteiger partial charge in [0.1, 0.15) is 12.4 Å². The van der Waals surface area contributed by atoms with E-state index in [1.54, 1.807) is 47.9 Å². The van der Waals surface area contributed by atoms with Crippen LogP contribution in [-0.4, -0.2) is 55.8 Å². The second-order valence-electron chi connectivity index (χ2n) is 12.3. The van der Waals surface area contributed by atoms with Crippen molar-refractivity contribution in [2.24, 2.45) is 0 Å². The van der Waals surface area contributed by atoms with Crippen molar-refractivity contribution in [3.63, 3.8) is 0 Å². The number of aliphatic hydroxyl groups is 1. The number of nitrogens with zero attached hydrogens (tertiary/aromatic N) is 3. The first-order chi connectivity index (χ1) is 24.0. The number of hydrogen-bond donors (Lipinski definition) is 2. The molecule has 3 aliphatic heterocycles. The van der Waals surface area contributed by atoms with Crippen molar-refractivity contribution in [3.8, 4) is 17.1 Å². The van der Waals surface area contributed by atoms with Gasteiger partial charge in [-0.1, -0.05) is 13.8 Å². The summed E-state index contributed by atoms with van der Waals surface area (Å²) in [5, 5.41) is 14.7.